The maximum atomic E-state index is 11.6. The number of nitrogens with zero attached hydrogens (tertiary/aromatic N) is 5. The summed E-state index contributed by atoms with van der Waals surface area (Å²) in [4.78, 5) is 17.5. The van der Waals surface area contributed by atoms with Crippen molar-refractivity contribution in [3.63, 3.8) is 0 Å². The molecule has 1 amide bonds. The molecule has 1 fully saturated rings. The summed E-state index contributed by atoms with van der Waals surface area (Å²) < 4.78 is 7.40. The number of carbonyl (C=O) groups excluding carboxylic acids is 1. The first-order valence-electron chi connectivity index (χ1n) is 6.82. The number of anilines is 1. The SMILES string of the molecule is COC(=O)N1CCCN(Cn2nc(N(C)C)sc2=S)CC1. The zero-order valence-electron chi connectivity index (χ0n) is 12.6. The highest BCUT2D eigenvalue weighted by molar-refractivity contribution is 7.73. The molecule has 118 valence electrons. The normalized spacial score (nSPS) is 16.6. The Balaban J connectivity index is 1.97. The molecule has 0 aliphatic carbocycles. The van der Waals surface area contributed by atoms with Crippen molar-refractivity contribution in [3.05, 3.63) is 3.95 Å². The minimum Gasteiger partial charge on any atom is -0.453 e. The lowest BCUT2D eigenvalue weighted by Gasteiger charge is -2.20. The first-order valence-corrected chi connectivity index (χ1v) is 8.04. The highest BCUT2D eigenvalue weighted by atomic mass is 32.1. The van der Waals surface area contributed by atoms with E-state index in [9.17, 15) is 4.79 Å². The first kappa shape index (κ1) is 16.2. The summed E-state index contributed by atoms with van der Waals surface area (Å²) in [5.74, 6) is 0. The molecule has 21 heavy (non-hydrogen) atoms. The van der Waals surface area contributed by atoms with Crippen LogP contribution in [0.1, 0.15) is 6.42 Å². The Morgan fingerprint density at radius 1 is 1.38 bits per heavy atom. The standard InChI is InChI=1S/C12H21N5O2S2/c1-14(2)10-13-17(12(20)21-10)9-15-5-4-6-16(8-7-15)11(18)19-3/h4-9H2,1-3H3. The van der Waals surface area contributed by atoms with Gasteiger partial charge in [-0.2, -0.15) is 0 Å². The Bertz CT molecular complexity index is 542. The van der Waals surface area contributed by atoms with Crippen molar-refractivity contribution in [2.75, 3.05) is 52.3 Å². The van der Waals surface area contributed by atoms with Crippen LogP contribution in [-0.4, -0.2) is 73.1 Å². The Morgan fingerprint density at radius 2 is 2.14 bits per heavy atom. The van der Waals surface area contributed by atoms with E-state index in [0.717, 1.165) is 35.1 Å². The molecule has 0 spiro atoms. The number of ether oxygens (including phenoxy) is 1. The maximum Gasteiger partial charge on any atom is 0.409 e. The fourth-order valence-corrected chi connectivity index (χ4v) is 3.18. The van der Waals surface area contributed by atoms with Gasteiger partial charge in [-0.3, -0.25) is 4.90 Å². The number of hydrogen-bond acceptors (Lipinski definition) is 7. The maximum absolute atomic E-state index is 11.6. The van der Waals surface area contributed by atoms with Crippen LogP contribution >= 0.6 is 23.6 Å². The Hall–Kier alpha value is -1.19. The third kappa shape index (κ3) is 4.14. The van der Waals surface area contributed by atoms with E-state index in [1.54, 1.807) is 4.90 Å². The molecule has 2 heterocycles. The van der Waals surface area contributed by atoms with Crippen molar-refractivity contribution in [2.45, 2.75) is 13.1 Å². The third-order valence-electron chi connectivity index (χ3n) is 3.33. The molecule has 1 aromatic heterocycles. The van der Waals surface area contributed by atoms with Crippen molar-refractivity contribution in [2.24, 2.45) is 0 Å². The van der Waals surface area contributed by atoms with Crippen LogP contribution in [-0.2, 0) is 11.4 Å². The van der Waals surface area contributed by atoms with Gasteiger partial charge < -0.3 is 14.5 Å². The number of amides is 1. The van der Waals surface area contributed by atoms with Crippen LogP contribution in [0.25, 0.3) is 0 Å². The first-order chi connectivity index (χ1) is 10.0. The lowest BCUT2D eigenvalue weighted by atomic mass is 10.4. The number of methoxy groups -OCH3 is 1. The van der Waals surface area contributed by atoms with Gasteiger partial charge in [-0.05, 0) is 18.6 Å². The van der Waals surface area contributed by atoms with Gasteiger partial charge in [-0.1, -0.05) is 11.3 Å². The summed E-state index contributed by atoms with van der Waals surface area (Å²) in [5, 5.41) is 5.42. The Kier molecular flexibility index (Phi) is 5.54. The summed E-state index contributed by atoms with van der Waals surface area (Å²) in [6.45, 7) is 3.78. The van der Waals surface area contributed by atoms with Crippen LogP contribution in [0.5, 0.6) is 0 Å². The lowest BCUT2D eigenvalue weighted by molar-refractivity contribution is 0.123. The number of hydrogen-bond donors (Lipinski definition) is 0. The average molecular weight is 331 g/mol. The molecular formula is C12H21N5O2S2. The van der Waals surface area contributed by atoms with E-state index in [1.807, 2.05) is 23.7 Å². The molecule has 2 rings (SSSR count). The van der Waals surface area contributed by atoms with E-state index < -0.39 is 0 Å². The van der Waals surface area contributed by atoms with Gasteiger partial charge in [0.2, 0.25) is 5.13 Å². The van der Waals surface area contributed by atoms with Crippen LogP contribution < -0.4 is 4.90 Å². The molecule has 0 atom stereocenters. The van der Waals surface area contributed by atoms with E-state index in [4.69, 9.17) is 17.0 Å². The molecular weight excluding hydrogens is 310 g/mol. The van der Waals surface area contributed by atoms with Gasteiger partial charge in [0, 0.05) is 40.3 Å². The molecule has 7 nitrogen and oxygen atoms in total. The molecule has 9 heteroatoms. The fourth-order valence-electron chi connectivity index (χ4n) is 2.18. The lowest BCUT2D eigenvalue weighted by Crippen LogP contribution is -2.35. The molecule has 0 aromatic carbocycles. The van der Waals surface area contributed by atoms with Crippen molar-refractivity contribution >= 4 is 34.8 Å². The van der Waals surface area contributed by atoms with Gasteiger partial charge in [0.15, 0.2) is 3.95 Å². The molecule has 1 aromatic rings. The minimum atomic E-state index is -0.253. The van der Waals surface area contributed by atoms with E-state index in [2.05, 4.69) is 10.00 Å². The largest absolute Gasteiger partial charge is 0.453 e. The van der Waals surface area contributed by atoms with Crippen molar-refractivity contribution < 1.29 is 9.53 Å². The highest BCUT2D eigenvalue weighted by Crippen LogP contribution is 2.17. The van der Waals surface area contributed by atoms with Crippen LogP contribution in [0.3, 0.4) is 0 Å². The van der Waals surface area contributed by atoms with Crippen LogP contribution in [0, 0.1) is 3.95 Å². The van der Waals surface area contributed by atoms with Crippen LogP contribution in [0.2, 0.25) is 0 Å². The molecule has 1 saturated heterocycles. The zero-order valence-corrected chi connectivity index (χ0v) is 14.2. The van der Waals surface area contributed by atoms with Crippen LogP contribution in [0.4, 0.5) is 9.93 Å². The molecule has 1 aliphatic heterocycles. The van der Waals surface area contributed by atoms with Gasteiger partial charge in [0.1, 0.15) is 0 Å². The van der Waals surface area contributed by atoms with Gasteiger partial charge in [-0.25, -0.2) is 9.48 Å². The molecule has 0 unspecified atom stereocenters. The van der Waals surface area contributed by atoms with Gasteiger partial charge in [0.05, 0.1) is 13.8 Å². The number of carbonyl (C=O) groups is 1. The molecule has 0 saturated carbocycles. The zero-order chi connectivity index (χ0) is 15.4. The average Bonchev–Trinajstić information content (AvgIpc) is 2.68. The second-order valence-electron chi connectivity index (χ2n) is 5.11. The molecule has 0 bridgehead atoms. The smallest absolute Gasteiger partial charge is 0.409 e. The van der Waals surface area contributed by atoms with Gasteiger partial charge >= 0.3 is 6.09 Å². The summed E-state index contributed by atoms with van der Waals surface area (Å²) in [7, 11) is 5.33. The van der Waals surface area contributed by atoms with Crippen LogP contribution in [0.15, 0.2) is 0 Å². The number of aromatic nitrogens is 2. The third-order valence-corrected chi connectivity index (χ3v) is 4.81. The van der Waals surface area contributed by atoms with Gasteiger partial charge in [-0.15, -0.1) is 5.10 Å². The van der Waals surface area contributed by atoms with Gasteiger partial charge in [0.25, 0.3) is 0 Å². The summed E-state index contributed by atoms with van der Waals surface area (Å²) in [6, 6.07) is 0. The monoisotopic (exact) mass is 331 g/mol. The van der Waals surface area contributed by atoms with E-state index >= 15 is 0 Å². The predicted molar refractivity (Wildman–Crippen MR) is 85.4 cm³/mol. The summed E-state index contributed by atoms with van der Waals surface area (Å²) in [6.07, 6.45) is 0.671. The summed E-state index contributed by atoms with van der Waals surface area (Å²) in [5.41, 5.74) is 0. The van der Waals surface area contributed by atoms with E-state index in [0.29, 0.717) is 13.2 Å². The van der Waals surface area contributed by atoms with E-state index in [1.165, 1.54) is 18.4 Å². The second-order valence-corrected chi connectivity index (χ2v) is 6.72. The molecule has 0 radical (unpaired) electrons. The quantitative estimate of drug-likeness (QED) is 0.782. The Morgan fingerprint density at radius 3 is 2.76 bits per heavy atom. The molecule has 1 aliphatic rings. The number of rotatable bonds is 3. The van der Waals surface area contributed by atoms with Crippen molar-refractivity contribution in [1.82, 2.24) is 19.6 Å². The van der Waals surface area contributed by atoms with Crippen molar-refractivity contribution in [1.29, 1.82) is 0 Å². The Labute approximate surface area is 133 Å². The summed E-state index contributed by atoms with van der Waals surface area (Å²) >= 11 is 6.87. The second kappa shape index (κ2) is 7.19. The molecule has 0 N–H and O–H groups in total. The topological polar surface area (TPSA) is 53.8 Å². The minimum absolute atomic E-state index is 0.253. The van der Waals surface area contributed by atoms with E-state index in [-0.39, 0.29) is 6.09 Å². The predicted octanol–water partition coefficient (Wildman–Crippen LogP) is 1.47. The fraction of sp³-hybridized carbons (Fsp3) is 0.750. The van der Waals surface area contributed by atoms with Crippen molar-refractivity contribution in [3.8, 4) is 0 Å². The highest BCUT2D eigenvalue weighted by Gasteiger charge is 2.20.